The van der Waals surface area contributed by atoms with Crippen LogP contribution < -0.4 is 0 Å². The summed E-state index contributed by atoms with van der Waals surface area (Å²) in [5.41, 5.74) is 4.29. The molecule has 2 atom stereocenters. The van der Waals surface area contributed by atoms with Crippen LogP contribution >= 0.6 is 23.1 Å². The van der Waals surface area contributed by atoms with Gasteiger partial charge in [0.15, 0.2) is 0 Å². The van der Waals surface area contributed by atoms with E-state index in [1.807, 2.05) is 25.3 Å². The maximum absolute atomic E-state index is 10.0. The number of aromatic nitrogens is 3. The first-order valence-corrected chi connectivity index (χ1v) is 11.6. The van der Waals surface area contributed by atoms with E-state index in [1.54, 1.807) is 17.5 Å². The fourth-order valence-corrected chi connectivity index (χ4v) is 5.77. The van der Waals surface area contributed by atoms with Crippen molar-refractivity contribution >= 4 is 28.1 Å². The number of nitrogens with one attached hydrogen (secondary N) is 1. The lowest BCUT2D eigenvalue weighted by molar-refractivity contribution is 0.490. The highest BCUT2D eigenvalue weighted by Gasteiger charge is 2.47. The quantitative estimate of drug-likeness (QED) is 0.582. The minimum atomic E-state index is -0.830. The van der Waals surface area contributed by atoms with Crippen LogP contribution in [0.3, 0.4) is 0 Å². The third-order valence-corrected chi connectivity index (χ3v) is 7.51. The number of nitrogens with zero attached hydrogens (tertiary/aromatic N) is 5. The van der Waals surface area contributed by atoms with Crippen LogP contribution in [0, 0.1) is 35.5 Å². The average molecular weight is 445 g/mol. The van der Waals surface area contributed by atoms with Gasteiger partial charge in [-0.2, -0.15) is 15.6 Å². The van der Waals surface area contributed by atoms with Crippen molar-refractivity contribution in [2.45, 2.75) is 31.9 Å². The number of allylic oxidation sites excluding steroid dienone is 2. The molecule has 1 N–H and O–H groups in total. The summed E-state index contributed by atoms with van der Waals surface area (Å²) in [5.74, 6) is 0.0136. The fourth-order valence-electron chi connectivity index (χ4n) is 3.73. The van der Waals surface area contributed by atoms with Crippen LogP contribution in [-0.2, 0) is 11.2 Å². The molecule has 6 nitrogen and oxygen atoms in total. The molecule has 0 saturated carbocycles. The van der Waals surface area contributed by atoms with Crippen molar-refractivity contribution in [1.29, 1.82) is 10.5 Å². The summed E-state index contributed by atoms with van der Waals surface area (Å²) >= 11 is 3.11. The van der Waals surface area contributed by atoms with Crippen LogP contribution in [-0.4, -0.2) is 20.2 Å². The van der Waals surface area contributed by atoms with E-state index in [2.05, 4.69) is 58.5 Å². The SMILES string of the molecule is CC1=C(C#N)C(C)(c2ccn[nH]2)C(C#N)C(SCc2csc(-c3ccc(C)cc3)n2)=N1. The lowest BCUT2D eigenvalue weighted by Crippen LogP contribution is -2.40. The first-order valence-electron chi connectivity index (χ1n) is 9.71. The topological polar surface area (TPSA) is 102 Å². The summed E-state index contributed by atoms with van der Waals surface area (Å²) in [5, 5.41) is 30.5. The molecule has 0 fully saturated rings. The zero-order chi connectivity index (χ0) is 22.0. The molecule has 1 aliphatic heterocycles. The van der Waals surface area contributed by atoms with Gasteiger partial charge in [-0.3, -0.25) is 5.10 Å². The number of aryl methyl sites for hydroxylation is 1. The smallest absolute Gasteiger partial charge is 0.123 e. The molecule has 2 aromatic heterocycles. The summed E-state index contributed by atoms with van der Waals surface area (Å²) in [6.45, 7) is 5.79. The Morgan fingerprint density at radius 3 is 2.61 bits per heavy atom. The molecule has 1 aromatic carbocycles. The third kappa shape index (κ3) is 3.81. The zero-order valence-corrected chi connectivity index (χ0v) is 19.0. The van der Waals surface area contributed by atoms with E-state index < -0.39 is 11.3 Å². The van der Waals surface area contributed by atoms with Gasteiger partial charge in [0.25, 0.3) is 0 Å². The molecule has 8 heteroatoms. The summed E-state index contributed by atoms with van der Waals surface area (Å²) in [4.78, 5) is 9.40. The molecule has 0 spiro atoms. The van der Waals surface area contributed by atoms with Gasteiger partial charge in [-0.15, -0.1) is 23.1 Å². The lowest BCUT2D eigenvalue weighted by atomic mass is 9.68. The Labute approximate surface area is 189 Å². The van der Waals surface area contributed by atoms with Crippen LogP contribution in [0.4, 0.5) is 0 Å². The highest BCUT2D eigenvalue weighted by molar-refractivity contribution is 8.13. The Bertz CT molecular complexity index is 1240. The fraction of sp³-hybridized carbons (Fsp3) is 0.261. The highest BCUT2D eigenvalue weighted by Crippen LogP contribution is 2.45. The van der Waals surface area contributed by atoms with E-state index in [-0.39, 0.29) is 0 Å². The monoisotopic (exact) mass is 444 g/mol. The first-order chi connectivity index (χ1) is 15.0. The second-order valence-corrected chi connectivity index (χ2v) is 9.41. The molecule has 0 aliphatic carbocycles. The minimum absolute atomic E-state index is 0.489. The van der Waals surface area contributed by atoms with E-state index in [9.17, 15) is 10.5 Å². The van der Waals surface area contributed by atoms with Crippen LogP contribution in [0.2, 0.25) is 0 Å². The van der Waals surface area contributed by atoms with Gasteiger partial charge >= 0.3 is 0 Å². The summed E-state index contributed by atoms with van der Waals surface area (Å²) in [7, 11) is 0. The highest BCUT2D eigenvalue weighted by atomic mass is 32.2. The molecule has 1 aliphatic rings. The van der Waals surface area contributed by atoms with Crippen LogP contribution in [0.25, 0.3) is 10.6 Å². The van der Waals surface area contributed by atoms with Gasteiger partial charge in [-0.05, 0) is 26.8 Å². The molecule has 3 heterocycles. The van der Waals surface area contributed by atoms with E-state index >= 15 is 0 Å². The maximum atomic E-state index is 10.0. The van der Waals surface area contributed by atoms with Gasteiger partial charge in [0.05, 0.1) is 39.6 Å². The molecule has 31 heavy (non-hydrogen) atoms. The number of thioether (sulfide) groups is 1. The van der Waals surface area contributed by atoms with Crippen molar-refractivity contribution in [3.63, 3.8) is 0 Å². The minimum Gasteiger partial charge on any atom is -0.282 e. The van der Waals surface area contributed by atoms with Crippen molar-refractivity contribution in [2.75, 3.05) is 0 Å². The molecule has 3 aromatic rings. The average Bonchev–Trinajstić information content (AvgIpc) is 3.45. The van der Waals surface area contributed by atoms with Crippen molar-refractivity contribution in [2.24, 2.45) is 10.9 Å². The number of hydrogen-bond acceptors (Lipinski definition) is 7. The van der Waals surface area contributed by atoms with E-state index in [1.165, 1.54) is 17.3 Å². The number of thiazole rings is 1. The van der Waals surface area contributed by atoms with Crippen molar-refractivity contribution < 1.29 is 0 Å². The van der Waals surface area contributed by atoms with Crippen LogP contribution in [0.1, 0.15) is 30.8 Å². The molecule has 0 radical (unpaired) electrons. The molecule has 154 valence electrons. The molecule has 0 amide bonds. The number of H-pyrrole nitrogens is 1. The van der Waals surface area contributed by atoms with Crippen LogP contribution in [0.5, 0.6) is 0 Å². The van der Waals surface area contributed by atoms with Gasteiger partial charge < -0.3 is 0 Å². The Morgan fingerprint density at radius 1 is 1.19 bits per heavy atom. The summed E-state index contributed by atoms with van der Waals surface area (Å²) < 4.78 is 0. The number of rotatable bonds is 4. The Balaban J connectivity index is 1.60. The maximum Gasteiger partial charge on any atom is 0.123 e. The molecule has 0 bridgehead atoms. The van der Waals surface area contributed by atoms with Gasteiger partial charge in [0.1, 0.15) is 10.9 Å². The third-order valence-electron chi connectivity index (χ3n) is 5.50. The molecule has 0 saturated heterocycles. The molecular formula is C23H20N6S2. The Morgan fingerprint density at radius 2 is 1.97 bits per heavy atom. The second-order valence-electron chi connectivity index (χ2n) is 7.56. The number of aliphatic imine (C=N–C) groups is 1. The normalized spacial score (nSPS) is 20.8. The van der Waals surface area contributed by atoms with Crippen molar-refractivity contribution in [3.8, 4) is 22.7 Å². The number of nitriles is 2. The molecule has 4 rings (SSSR count). The molecule has 2 unspecified atom stereocenters. The lowest BCUT2D eigenvalue weighted by Gasteiger charge is -2.36. The zero-order valence-electron chi connectivity index (χ0n) is 17.4. The second kappa shape index (κ2) is 8.50. The summed E-state index contributed by atoms with van der Waals surface area (Å²) in [6, 6.07) is 14.8. The Kier molecular flexibility index (Phi) is 5.77. The number of benzene rings is 1. The molecular weight excluding hydrogens is 424 g/mol. The standard InChI is InChI=1S/C23H20N6S2/c1-14-4-6-16(7-5-14)21-28-17(12-30-21)13-31-22-19(11-25)23(3,20-8-9-26-29-20)18(10-24)15(2)27-22/h4-9,12,19H,13H2,1-3H3,(H,26,29). The van der Waals surface area contributed by atoms with Crippen LogP contribution in [0.15, 0.2) is 58.2 Å². The van der Waals surface area contributed by atoms with Gasteiger partial charge in [-0.1, -0.05) is 29.8 Å². The predicted molar refractivity (Wildman–Crippen MR) is 124 cm³/mol. The number of hydrogen-bond donors (Lipinski definition) is 1. The Hall–Kier alpha value is -3.20. The van der Waals surface area contributed by atoms with E-state index in [0.29, 0.717) is 22.1 Å². The van der Waals surface area contributed by atoms with Crippen molar-refractivity contribution in [1.82, 2.24) is 15.2 Å². The van der Waals surface area contributed by atoms with Crippen molar-refractivity contribution in [3.05, 3.63) is 70.1 Å². The van der Waals surface area contributed by atoms with E-state index in [0.717, 1.165) is 22.0 Å². The van der Waals surface area contributed by atoms with Gasteiger partial charge in [0, 0.05) is 28.6 Å². The number of aromatic amines is 1. The van der Waals surface area contributed by atoms with Gasteiger partial charge in [-0.25, -0.2) is 9.98 Å². The first kappa shape index (κ1) is 21.0. The summed E-state index contributed by atoms with van der Waals surface area (Å²) in [6.07, 6.45) is 1.64. The predicted octanol–water partition coefficient (Wildman–Crippen LogP) is 5.38. The van der Waals surface area contributed by atoms with Gasteiger partial charge in [0.2, 0.25) is 0 Å². The van der Waals surface area contributed by atoms with E-state index in [4.69, 9.17) is 4.98 Å². The largest absolute Gasteiger partial charge is 0.282 e.